The summed E-state index contributed by atoms with van der Waals surface area (Å²) < 4.78 is 5.23. The number of nitrogens with zero attached hydrogens (tertiary/aromatic N) is 4. The summed E-state index contributed by atoms with van der Waals surface area (Å²) in [5.41, 5.74) is 40.5. The third-order valence-electron chi connectivity index (χ3n) is 27.0. The topological polar surface area (TPSA) is 16.3 Å². The number of anilines is 6. The van der Waals surface area contributed by atoms with Gasteiger partial charge in [0, 0.05) is 77.9 Å². The van der Waals surface area contributed by atoms with E-state index in [1.807, 2.05) is 0 Å². The molecule has 0 atom stereocenters. The van der Waals surface area contributed by atoms with Crippen molar-refractivity contribution in [2.24, 2.45) is 0 Å². The highest BCUT2D eigenvalue weighted by Gasteiger charge is 2.49. The Morgan fingerprint density at radius 3 is 0.638 bits per heavy atom. The molecule has 0 fully saturated rings. The zero-order valence-electron chi connectivity index (χ0n) is 75.7. The van der Waals surface area contributed by atoms with Gasteiger partial charge in [-0.05, 0) is 247 Å². The second-order valence-electron chi connectivity index (χ2n) is 40.5. The van der Waals surface area contributed by atoms with Gasteiger partial charge in [-0.2, -0.15) is 0 Å². The van der Waals surface area contributed by atoms with E-state index in [4.69, 9.17) is 0 Å². The first-order valence-corrected chi connectivity index (χ1v) is 45.3. The van der Waals surface area contributed by atoms with Crippen LogP contribution in [0.3, 0.4) is 0 Å². The summed E-state index contributed by atoms with van der Waals surface area (Å²) in [4.78, 5) is 5.59. The maximum atomic E-state index is 2.79. The molecule has 2 aliphatic rings. The minimum absolute atomic E-state index is 0.114. The van der Waals surface area contributed by atoms with E-state index >= 15 is 0 Å². The van der Waals surface area contributed by atoms with Crippen LogP contribution in [0.25, 0.3) is 144 Å². The largest absolute Gasteiger partial charge is 0.310 e. The number of fused-ring (bicyclic) bond motifs is 10. The van der Waals surface area contributed by atoms with E-state index in [9.17, 15) is 0 Å². The summed E-state index contributed by atoms with van der Waals surface area (Å²) in [5, 5.41) is 4.95. The Morgan fingerprint density at radius 1 is 0.181 bits per heavy atom. The third-order valence-corrected chi connectivity index (χ3v) is 27.0. The molecule has 0 aliphatic carbocycles. The van der Waals surface area contributed by atoms with Crippen molar-refractivity contribution in [3.63, 3.8) is 0 Å². The minimum atomic E-state index is -0.457. The lowest BCUT2D eigenvalue weighted by Gasteiger charge is -2.48. The molecule has 5 heteroatoms. The second kappa shape index (κ2) is 30.4. The highest BCUT2D eigenvalue weighted by atomic mass is 15.2. The average Bonchev–Trinajstić information content (AvgIpc) is 1.48. The van der Waals surface area contributed by atoms with Gasteiger partial charge in [0.2, 0.25) is 0 Å². The molecule has 21 rings (SSSR count). The van der Waals surface area contributed by atoms with Gasteiger partial charge in [-0.3, -0.25) is 0 Å². The van der Waals surface area contributed by atoms with Crippen LogP contribution in [-0.2, 0) is 27.1 Å². The maximum Gasteiger partial charge on any atom is 0.253 e. The average molecular weight is 1640 g/mol. The first-order chi connectivity index (χ1) is 61.2. The van der Waals surface area contributed by atoms with Gasteiger partial charge < -0.3 is 18.9 Å². The fourth-order valence-electron chi connectivity index (χ4n) is 20.3. The van der Waals surface area contributed by atoms with E-state index in [1.165, 1.54) is 65.8 Å². The van der Waals surface area contributed by atoms with Crippen molar-refractivity contribution in [2.45, 2.75) is 131 Å². The van der Waals surface area contributed by atoms with Crippen molar-refractivity contribution in [1.29, 1.82) is 0 Å². The van der Waals surface area contributed by atoms with E-state index in [2.05, 4.69) is 499 Å². The summed E-state index contributed by atoms with van der Waals surface area (Å²) >= 11 is 0. The molecule has 4 nitrogen and oxygen atoms in total. The van der Waals surface area contributed by atoms with Crippen LogP contribution < -0.4 is 26.2 Å². The number of benzene rings is 17. The second-order valence-corrected chi connectivity index (χ2v) is 40.5. The van der Waals surface area contributed by atoms with Crippen LogP contribution in [-0.4, -0.2) is 15.8 Å². The van der Waals surface area contributed by atoms with Crippen molar-refractivity contribution < 1.29 is 0 Å². The van der Waals surface area contributed by atoms with Crippen LogP contribution in [0.2, 0.25) is 0 Å². The smallest absolute Gasteiger partial charge is 0.253 e. The lowest BCUT2D eigenvalue weighted by molar-refractivity contribution is 0.590. The van der Waals surface area contributed by atoms with E-state index in [0.717, 1.165) is 157 Å². The number of hydrogen-bond donors (Lipinski definition) is 0. The van der Waals surface area contributed by atoms with Crippen molar-refractivity contribution in [3.8, 4) is 100 Å². The van der Waals surface area contributed by atoms with E-state index in [0.29, 0.717) is 0 Å². The monoisotopic (exact) mass is 1640 g/mol. The molecule has 618 valence electrons. The van der Waals surface area contributed by atoms with Gasteiger partial charge in [0.15, 0.2) is 0 Å². The van der Waals surface area contributed by atoms with Crippen molar-refractivity contribution in [2.75, 3.05) is 9.80 Å². The molecule has 17 aromatic carbocycles. The molecule has 2 aromatic heterocycles. The highest BCUT2D eigenvalue weighted by Crippen LogP contribution is 2.58. The van der Waals surface area contributed by atoms with Crippen molar-refractivity contribution >= 4 is 101 Å². The van der Waals surface area contributed by atoms with Crippen LogP contribution >= 0.6 is 0 Å². The Balaban J connectivity index is 1.01. The molecule has 0 saturated carbocycles. The van der Waals surface area contributed by atoms with Crippen LogP contribution in [0.15, 0.2) is 376 Å². The van der Waals surface area contributed by atoms with Gasteiger partial charge in [0.05, 0.1) is 33.4 Å². The number of hydrogen-bond acceptors (Lipinski definition) is 2. The third kappa shape index (κ3) is 13.9. The summed E-state index contributed by atoms with van der Waals surface area (Å²) in [6.07, 6.45) is 0. The summed E-state index contributed by atoms with van der Waals surface area (Å²) in [5.74, 6) is 0. The van der Waals surface area contributed by atoms with E-state index in [1.54, 1.807) is 0 Å². The Hall–Kier alpha value is -14.0. The molecule has 127 heavy (non-hydrogen) atoms. The lowest BCUT2D eigenvalue weighted by Crippen LogP contribution is -2.62. The van der Waals surface area contributed by atoms with Crippen LogP contribution in [0.4, 0.5) is 34.1 Å². The molecule has 0 radical (unpaired) electrons. The molecule has 4 heterocycles. The lowest BCUT2D eigenvalue weighted by atomic mass is 9.31. The quantitative estimate of drug-likeness (QED) is 0.113. The molecule has 0 amide bonds. The standard InChI is InChI=1S/C122H107BN4/c1-118(2,3)88-56-60-105-101(68-88)102-69-89(119(4,5)6)57-61-106(102)124(105)93-74-95(80-44-28-18-29-45-80)113-111(76-93)126(116-97(82-48-32-20-33-49-82)64-86(78-40-24-16-25-41-78)65-98(116)83-50-34-21-35-51-83)109-72-92(122(13,14)15)73-110-115(109)123(113)114-96(81-46-30-19-31-47-81)75-94(125-107-62-58-90(120(7,8)9)70-103(107)104-71-91(121(10,11)12)59-63-108(104)125)77-112(114)127(110)117-99(84-52-36-22-37-53-84)66-87(79-42-26-17-27-43-79)67-100(117)85-54-38-23-39-55-85/h16-77H,1-15H3. The fraction of sp³-hybridized carbons (Fsp3) is 0.164. The SMILES string of the molecule is CC(C)(C)c1cc2c3c(c1)N(c1c(-c4ccccc4)cc(-c4ccccc4)cc1-c1ccccc1)c1cc(-n4c5ccc(C(C)(C)C)cc5c5cc(C(C)(C)C)ccc54)cc(-c4ccccc4)c1B3c1c(-c3ccccc3)cc(-n3c4ccc(C(C)(C)C)cc4c4cc(C(C)(C)C)ccc43)cc1N2c1c(-c2ccccc2)cc(-c2ccccc2)cc1-c1ccccc1. The fourth-order valence-corrected chi connectivity index (χ4v) is 20.3. The molecule has 0 spiro atoms. The molecule has 2 aliphatic heterocycles. The summed E-state index contributed by atoms with van der Waals surface area (Å²) in [6.45, 7) is 35.0. The molecule has 19 aromatic rings. The molecular weight excluding hydrogens is 1530 g/mol. The Kier molecular flexibility index (Phi) is 19.2. The molecule has 0 unspecified atom stereocenters. The van der Waals surface area contributed by atoms with Gasteiger partial charge in [-0.15, -0.1) is 0 Å². The zero-order valence-corrected chi connectivity index (χ0v) is 75.7. The number of rotatable bonds is 12. The van der Waals surface area contributed by atoms with Gasteiger partial charge in [-0.1, -0.05) is 371 Å². The highest BCUT2D eigenvalue weighted by molar-refractivity contribution is 7.02. The van der Waals surface area contributed by atoms with E-state index in [-0.39, 0.29) is 21.7 Å². The first kappa shape index (κ1) is 80.1. The molecular formula is C122H107BN4. The Bertz CT molecular complexity index is 6810. The summed E-state index contributed by atoms with van der Waals surface area (Å²) in [7, 11) is 0. The van der Waals surface area contributed by atoms with E-state index < -0.39 is 12.1 Å². The molecule has 0 N–H and O–H groups in total. The normalized spacial score (nSPS) is 13.0. The summed E-state index contributed by atoms with van der Waals surface area (Å²) in [6, 6.07) is 145. The Labute approximate surface area is 749 Å². The van der Waals surface area contributed by atoms with Gasteiger partial charge >= 0.3 is 0 Å². The van der Waals surface area contributed by atoms with Crippen molar-refractivity contribution in [3.05, 3.63) is 404 Å². The minimum Gasteiger partial charge on any atom is -0.310 e. The van der Waals surface area contributed by atoms with Crippen LogP contribution in [0, 0.1) is 0 Å². The zero-order chi connectivity index (χ0) is 87.3. The van der Waals surface area contributed by atoms with Crippen LogP contribution in [0.5, 0.6) is 0 Å². The van der Waals surface area contributed by atoms with Gasteiger partial charge in [0.25, 0.3) is 6.71 Å². The Morgan fingerprint density at radius 2 is 0.402 bits per heavy atom. The van der Waals surface area contributed by atoms with Gasteiger partial charge in [0.1, 0.15) is 0 Å². The molecule has 0 bridgehead atoms. The predicted octanol–water partition coefficient (Wildman–Crippen LogP) is 31.8. The number of aromatic nitrogens is 2. The first-order valence-electron chi connectivity index (χ1n) is 45.3. The van der Waals surface area contributed by atoms with Crippen LogP contribution in [0.1, 0.15) is 132 Å². The molecule has 0 saturated heterocycles. The predicted molar refractivity (Wildman–Crippen MR) is 546 cm³/mol. The maximum absolute atomic E-state index is 2.79. The van der Waals surface area contributed by atoms with Gasteiger partial charge in [-0.25, -0.2) is 0 Å². The van der Waals surface area contributed by atoms with Crippen molar-refractivity contribution in [1.82, 2.24) is 9.13 Å².